The van der Waals surface area contributed by atoms with E-state index in [1.165, 1.54) is 19.1 Å². The molecular formula is C14H22N2O2S. The van der Waals surface area contributed by atoms with Gasteiger partial charge in [-0.1, -0.05) is 19.1 Å². The Hall–Kier alpha value is -1.07. The lowest BCUT2D eigenvalue weighted by Crippen LogP contribution is -2.31. The SMILES string of the molecule is CCN(CCNc1ccccc1S(C)(=O)=O)C1CC1. The number of benzene rings is 1. The molecule has 1 saturated carbocycles. The predicted molar refractivity (Wildman–Crippen MR) is 78.3 cm³/mol. The van der Waals surface area contributed by atoms with Gasteiger partial charge < -0.3 is 5.32 Å². The maximum Gasteiger partial charge on any atom is 0.177 e. The van der Waals surface area contributed by atoms with Crippen molar-refractivity contribution in [1.82, 2.24) is 4.90 Å². The van der Waals surface area contributed by atoms with E-state index >= 15 is 0 Å². The molecule has 0 heterocycles. The molecule has 0 aliphatic heterocycles. The number of nitrogens with zero attached hydrogens (tertiary/aromatic N) is 1. The summed E-state index contributed by atoms with van der Waals surface area (Å²) in [6.07, 6.45) is 3.84. The highest BCUT2D eigenvalue weighted by atomic mass is 32.2. The lowest BCUT2D eigenvalue weighted by molar-refractivity contribution is 0.289. The largest absolute Gasteiger partial charge is 0.383 e. The zero-order valence-electron chi connectivity index (χ0n) is 11.6. The van der Waals surface area contributed by atoms with Crippen molar-refractivity contribution in [2.75, 3.05) is 31.2 Å². The smallest absolute Gasteiger partial charge is 0.177 e. The van der Waals surface area contributed by atoms with Crippen molar-refractivity contribution in [3.63, 3.8) is 0 Å². The van der Waals surface area contributed by atoms with E-state index in [-0.39, 0.29) is 0 Å². The van der Waals surface area contributed by atoms with Gasteiger partial charge in [0.1, 0.15) is 0 Å². The molecule has 1 aromatic carbocycles. The van der Waals surface area contributed by atoms with Crippen molar-refractivity contribution in [1.29, 1.82) is 0 Å². The quantitative estimate of drug-likeness (QED) is 0.831. The van der Waals surface area contributed by atoms with E-state index in [1.807, 2.05) is 12.1 Å². The maximum absolute atomic E-state index is 11.7. The van der Waals surface area contributed by atoms with Gasteiger partial charge in [0.25, 0.3) is 0 Å². The Morgan fingerprint density at radius 3 is 2.58 bits per heavy atom. The second-order valence-electron chi connectivity index (χ2n) is 5.05. The van der Waals surface area contributed by atoms with Crippen molar-refractivity contribution in [2.24, 2.45) is 0 Å². The fourth-order valence-electron chi connectivity index (χ4n) is 2.31. The molecule has 0 saturated heterocycles. The standard InChI is InChI=1S/C14H22N2O2S/c1-3-16(12-8-9-12)11-10-15-13-6-4-5-7-14(13)19(2,17)18/h4-7,12,15H,3,8-11H2,1-2H3. The lowest BCUT2D eigenvalue weighted by Gasteiger charge is -2.20. The molecule has 0 unspecified atom stereocenters. The zero-order chi connectivity index (χ0) is 13.9. The van der Waals surface area contributed by atoms with E-state index in [0.717, 1.165) is 25.7 Å². The van der Waals surface area contributed by atoms with Gasteiger partial charge in [0.05, 0.1) is 10.6 Å². The second-order valence-corrected chi connectivity index (χ2v) is 7.04. The van der Waals surface area contributed by atoms with Crippen molar-refractivity contribution in [3.05, 3.63) is 24.3 Å². The van der Waals surface area contributed by atoms with Crippen LogP contribution in [0.2, 0.25) is 0 Å². The molecule has 0 spiro atoms. The summed E-state index contributed by atoms with van der Waals surface area (Å²) < 4.78 is 23.3. The number of para-hydroxylation sites is 1. The van der Waals surface area contributed by atoms with Crippen LogP contribution in [0.5, 0.6) is 0 Å². The van der Waals surface area contributed by atoms with Crippen LogP contribution in [0.3, 0.4) is 0 Å². The van der Waals surface area contributed by atoms with E-state index in [0.29, 0.717) is 10.6 Å². The molecule has 0 amide bonds. The third-order valence-corrected chi connectivity index (χ3v) is 4.63. The predicted octanol–water partition coefficient (Wildman–Crippen LogP) is 1.99. The van der Waals surface area contributed by atoms with Crippen LogP contribution in [0.15, 0.2) is 29.2 Å². The van der Waals surface area contributed by atoms with E-state index in [4.69, 9.17) is 0 Å². The monoisotopic (exact) mass is 282 g/mol. The summed E-state index contributed by atoms with van der Waals surface area (Å²) in [5.41, 5.74) is 0.705. The normalized spacial score (nSPS) is 15.7. The first-order chi connectivity index (χ1) is 9.02. The molecule has 1 fully saturated rings. The molecule has 2 rings (SSSR count). The number of hydrogen-bond donors (Lipinski definition) is 1. The summed E-state index contributed by atoms with van der Waals surface area (Å²) in [6.45, 7) is 4.96. The third kappa shape index (κ3) is 3.94. The summed E-state index contributed by atoms with van der Waals surface area (Å²) in [7, 11) is -3.17. The fraction of sp³-hybridized carbons (Fsp3) is 0.571. The number of anilines is 1. The van der Waals surface area contributed by atoms with E-state index in [1.54, 1.807) is 12.1 Å². The topological polar surface area (TPSA) is 49.4 Å². The molecule has 1 aliphatic rings. The van der Waals surface area contributed by atoms with Gasteiger partial charge in [-0.2, -0.15) is 0 Å². The number of nitrogens with one attached hydrogen (secondary N) is 1. The van der Waals surface area contributed by atoms with Crippen LogP contribution in [-0.4, -0.2) is 45.2 Å². The molecule has 4 nitrogen and oxygen atoms in total. The van der Waals surface area contributed by atoms with Gasteiger partial charge in [0, 0.05) is 25.4 Å². The van der Waals surface area contributed by atoms with Gasteiger partial charge in [0.15, 0.2) is 9.84 Å². The number of sulfone groups is 1. The van der Waals surface area contributed by atoms with Gasteiger partial charge in [0.2, 0.25) is 0 Å². The first kappa shape index (κ1) is 14.3. The van der Waals surface area contributed by atoms with Crippen LogP contribution in [0, 0.1) is 0 Å². The molecule has 0 atom stereocenters. The average molecular weight is 282 g/mol. The molecule has 0 aromatic heterocycles. The summed E-state index contributed by atoms with van der Waals surface area (Å²) >= 11 is 0. The highest BCUT2D eigenvalue weighted by Crippen LogP contribution is 2.26. The van der Waals surface area contributed by atoms with Gasteiger partial charge in [-0.25, -0.2) is 8.42 Å². The summed E-state index contributed by atoms with van der Waals surface area (Å²) in [5.74, 6) is 0. The Bertz CT molecular complexity index is 524. The fourth-order valence-corrected chi connectivity index (χ4v) is 3.17. The van der Waals surface area contributed by atoms with Crippen LogP contribution in [0.4, 0.5) is 5.69 Å². The van der Waals surface area contributed by atoms with Crippen LogP contribution < -0.4 is 5.32 Å². The molecular weight excluding hydrogens is 260 g/mol. The van der Waals surface area contributed by atoms with Gasteiger partial charge >= 0.3 is 0 Å². The first-order valence-corrected chi connectivity index (χ1v) is 8.68. The molecule has 0 bridgehead atoms. The van der Waals surface area contributed by atoms with Crippen molar-refractivity contribution in [2.45, 2.75) is 30.7 Å². The Labute approximate surface area is 115 Å². The maximum atomic E-state index is 11.7. The van der Waals surface area contributed by atoms with Gasteiger partial charge in [-0.05, 0) is 31.5 Å². The molecule has 1 N–H and O–H groups in total. The first-order valence-electron chi connectivity index (χ1n) is 6.79. The van der Waals surface area contributed by atoms with Crippen molar-refractivity contribution in [3.8, 4) is 0 Å². The van der Waals surface area contributed by atoms with Crippen molar-refractivity contribution >= 4 is 15.5 Å². The molecule has 0 radical (unpaired) electrons. The number of likely N-dealkylation sites (N-methyl/N-ethyl adjacent to an activating group) is 1. The van der Waals surface area contributed by atoms with E-state index in [2.05, 4.69) is 17.1 Å². The van der Waals surface area contributed by atoms with E-state index in [9.17, 15) is 8.42 Å². The Morgan fingerprint density at radius 2 is 2.00 bits per heavy atom. The van der Waals surface area contributed by atoms with Crippen LogP contribution in [0.1, 0.15) is 19.8 Å². The summed E-state index contributed by atoms with van der Waals surface area (Å²) in [5, 5.41) is 3.25. The minimum absolute atomic E-state index is 0.379. The lowest BCUT2D eigenvalue weighted by atomic mass is 10.3. The second kappa shape index (κ2) is 5.92. The number of hydrogen-bond acceptors (Lipinski definition) is 4. The minimum Gasteiger partial charge on any atom is -0.383 e. The van der Waals surface area contributed by atoms with Crippen LogP contribution >= 0.6 is 0 Å². The van der Waals surface area contributed by atoms with Gasteiger partial charge in [-0.15, -0.1) is 0 Å². The average Bonchev–Trinajstić information content (AvgIpc) is 3.18. The zero-order valence-corrected chi connectivity index (χ0v) is 12.4. The molecule has 5 heteroatoms. The molecule has 106 valence electrons. The third-order valence-electron chi connectivity index (χ3n) is 3.47. The van der Waals surface area contributed by atoms with Crippen LogP contribution in [-0.2, 0) is 9.84 Å². The number of rotatable bonds is 7. The highest BCUT2D eigenvalue weighted by Gasteiger charge is 2.27. The summed E-state index contributed by atoms with van der Waals surface area (Å²) in [6, 6.07) is 7.83. The highest BCUT2D eigenvalue weighted by molar-refractivity contribution is 7.90. The van der Waals surface area contributed by atoms with E-state index < -0.39 is 9.84 Å². The van der Waals surface area contributed by atoms with Crippen molar-refractivity contribution < 1.29 is 8.42 Å². The Balaban J connectivity index is 1.96. The molecule has 1 aromatic rings. The molecule has 19 heavy (non-hydrogen) atoms. The summed E-state index contributed by atoms with van der Waals surface area (Å²) in [4.78, 5) is 2.82. The van der Waals surface area contributed by atoms with Crippen LogP contribution in [0.25, 0.3) is 0 Å². The Morgan fingerprint density at radius 1 is 1.32 bits per heavy atom. The minimum atomic E-state index is -3.17. The Kier molecular flexibility index (Phi) is 4.47. The molecule has 1 aliphatic carbocycles. The van der Waals surface area contributed by atoms with Gasteiger partial charge in [-0.3, -0.25) is 4.90 Å².